The van der Waals surface area contributed by atoms with Crippen LogP contribution in [0, 0.1) is 12.8 Å². The van der Waals surface area contributed by atoms with Gasteiger partial charge < -0.3 is 23.9 Å². The van der Waals surface area contributed by atoms with Crippen molar-refractivity contribution in [1.29, 1.82) is 0 Å². The summed E-state index contributed by atoms with van der Waals surface area (Å²) in [7, 11) is 1.66. The monoisotopic (exact) mass is 299 g/mol. The van der Waals surface area contributed by atoms with Gasteiger partial charge in [-0.05, 0) is 25.5 Å². The third-order valence-corrected chi connectivity index (χ3v) is 2.99. The number of aryl methyl sites for hydroxylation is 1. The first-order valence-electron chi connectivity index (χ1n) is 7.56. The van der Waals surface area contributed by atoms with E-state index in [0.717, 1.165) is 24.6 Å². The smallest absolute Gasteiger partial charge is 0.130 e. The van der Waals surface area contributed by atoms with Gasteiger partial charge in [0.25, 0.3) is 0 Å². The van der Waals surface area contributed by atoms with E-state index in [-0.39, 0.29) is 0 Å². The highest BCUT2D eigenvalue weighted by atomic mass is 16.5. The normalized spacial score (nSPS) is 11.5. The van der Waals surface area contributed by atoms with Crippen LogP contribution in [0.25, 0.3) is 0 Å². The lowest BCUT2D eigenvalue weighted by atomic mass is 10.2. The molecule has 0 amide bonds. The van der Waals surface area contributed by atoms with Gasteiger partial charge in [0.05, 0.1) is 26.4 Å². The molecule has 0 spiro atoms. The minimum atomic E-state index is 0.485. The number of ether oxygens (including phenoxy) is 3. The van der Waals surface area contributed by atoms with Gasteiger partial charge in [-0.15, -0.1) is 0 Å². The molecule has 0 aliphatic rings. The molecule has 1 aromatic heterocycles. The zero-order valence-corrected chi connectivity index (χ0v) is 13.7. The summed E-state index contributed by atoms with van der Waals surface area (Å²) in [5, 5.41) is 3.42. The van der Waals surface area contributed by atoms with Gasteiger partial charge in [0.15, 0.2) is 0 Å². The number of nitrogens with one attached hydrogen (secondary N) is 1. The summed E-state index contributed by atoms with van der Waals surface area (Å²) < 4.78 is 21.4. The van der Waals surface area contributed by atoms with E-state index >= 15 is 0 Å². The Morgan fingerprint density at radius 1 is 1.14 bits per heavy atom. The molecule has 1 N–H and O–H groups in total. The summed E-state index contributed by atoms with van der Waals surface area (Å²) in [5.41, 5.74) is 1.20. The van der Waals surface area contributed by atoms with Gasteiger partial charge in [-0.1, -0.05) is 13.8 Å². The maximum absolute atomic E-state index is 5.69. The molecule has 122 valence electrons. The van der Waals surface area contributed by atoms with E-state index in [4.69, 9.17) is 18.6 Å². The number of rotatable bonds is 12. The molecule has 5 nitrogen and oxygen atoms in total. The first kappa shape index (κ1) is 18.2. The maximum atomic E-state index is 5.69. The fraction of sp³-hybridized carbons (Fsp3) is 0.750. The first-order valence-corrected chi connectivity index (χ1v) is 7.56. The van der Waals surface area contributed by atoms with Crippen molar-refractivity contribution in [3.05, 3.63) is 23.2 Å². The predicted molar refractivity (Wildman–Crippen MR) is 82.3 cm³/mol. The van der Waals surface area contributed by atoms with Crippen LogP contribution < -0.4 is 5.32 Å². The number of methoxy groups -OCH3 is 1. The number of hydrogen-bond acceptors (Lipinski definition) is 5. The van der Waals surface area contributed by atoms with Crippen molar-refractivity contribution in [1.82, 2.24) is 5.32 Å². The number of hydrogen-bond donors (Lipinski definition) is 1. The highest BCUT2D eigenvalue weighted by Gasteiger charge is 2.07. The summed E-state index contributed by atoms with van der Waals surface area (Å²) in [5.74, 6) is 2.48. The number of furan rings is 1. The van der Waals surface area contributed by atoms with Crippen LogP contribution >= 0.6 is 0 Å². The molecule has 1 heterocycles. The summed E-state index contributed by atoms with van der Waals surface area (Å²) in [4.78, 5) is 0. The van der Waals surface area contributed by atoms with Gasteiger partial charge in [-0.3, -0.25) is 0 Å². The average molecular weight is 299 g/mol. The van der Waals surface area contributed by atoms with Crippen LogP contribution in [-0.4, -0.2) is 40.1 Å². The highest BCUT2D eigenvalue weighted by molar-refractivity contribution is 5.20. The lowest BCUT2D eigenvalue weighted by molar-refractivity contribution is 0.0160. The van der Waals surface area contributed by atoms with Gasteiger partial charge in [0, 0.05) is 19.2 Å². The highest BCUT2D eigenvalue weighted by Crippen LogP contribution is 2.15. The Kier molecular flexibility index (Phi) is 9.34. The summed E-state index contributed by atoms with van der Waals surface area (Å²) >= 11 is 0. The molecule has 1 rings (SSSR count). The summed E-state index contributed by atoms with van der Waals surface area (Å²) in [6, 6.07) is 2.06. The fourth-order valence-electron chi connectivity index (χ4n) is 1.86. The second-order valence-corrected chi connectivity index (χ2v) is 5.48. The average Bonchev–Trinajstić information content (AvgIpc) is 2.78. The molecular weight excluding hydrogens is 270 g/mol. The van der Waals surface area contributed by atoms with E-state index in [1.807, 2.05) is 6.92 Å². The molecule has 0 atom stereocenters. The molecule has 5 heteroatoms. The van der Waals surface area contributed by atoms with E-state index in [9.17, 15) is 0 Å². The molecule has 0 aliphatic carbocycles. The van der Waals surface area contributed by atoms with Crippen molar-refractivity contribution in [2.45, 2.75) is 33.9 Å². The van der Waals surface area contributed by atoms with Crippen molar-refractivity contribution in [2.75, 3.05) is 40.1 Å². The van der Waals surface area contributed by atoms with Crippen molar-refractivity contribution in [3.63, 3.8) is 0 Å². The van der Waals surface area contributed by atoms with E-state index < -0.39 is 0 Å². The summed E-state index contributed by atoms with van der Waals surface area (Å²) in [6.07, 6.45) is 0. The molecule has 0 saturated heterocycles. The van der Waals surface area contributed by atoms with E-state index in [1.165, 1.54) is 5.56 Å². The van der Waals surface area contributed by atoms with Gasteiger partial charge >= 0.3 is 0 Å². The third-order valence-electron chi connectivity index (χ3n) is 2.99. The van der Waals surface area contributed by atoms with E-state index in [0.29, 0.717) is 39.0 Å². The molecule has 21 heavy (non-hydrogen) atoms. The zero-order chi connectivity index (χ0) is 15.5. The van der Waals surface area contributed by atoms with E-state index in [1.54, 1.807) is 7.11 Å². The SMILES string of the molecule is COCCOCCOCc1cc(CNCC(C)C)c(C)o1. The summed E-state index contributed by atoms with van der Waals surface area (Å²) in [6.45, 7) is 11.1. The minimum absolute atomic E-state index is 0.485. The van der Waals surface area contributed by atoms with Crippen molar-refractivity contribution in [2.24, 2.45) is 5.92 Å². The molecule has 1 aromatic rings. The van der Waals surface area contributed by atoms with Crippen LogP contribution in [0.4, 0.5) is 0 Å². The Balaban J connectivity index is 2.18. The van der Waals surface area contributed by atoms with Gasteiger partial charge in [0.1, 0.15) is 18.1 Å². The standard InChI is InChI=1S/C16H29NO4/c1-13(2)10-17-11-15-9-16(21-14(15)3)12-20-8-7-19-6-5-18-4/h9,13,17H,5-8,10-12H2,1-4H3. The minimum Gasteiger partial charge on any atom is -0.464 e. The van der Waals surface area contributed by atoms with E-state index in [2.05, 4.69) is 25.2 Å². The van der Waals surface area contributed by atoms with Crippen LogP contribution in [0.2, 0.25) is 0 Å². The second kappa shape index (κ2) is 10.8. The lowest BCUT2D eigenvalue weighted by Crippen LogP contribution is -2.18. The molecule has 0 radical (unpaired) electrons. The maximum Gasteiger partial charge on any atom is 0.130 e. The van der Waals surface area contributed by atoms with Gasteiger partial charge in [-0.25, -0.2) is 0 Å². The Morgan fingerprint density at radius 2 is 1.86 bits per heavy atom. The van der Waals surface area contributed by atoms with Crippen molar-refractivity contribution in [3.8, 4) is 0 Å². The van der Waals surface area contributed by atoms with Crippen LogP contribution in [0.1, 0.15) is 30.9 Å². The molecule has 0 unspecified atom stereocenters. The largest absolute Gasteiger partial charge is 0.464 e. The molecule has 0 bridgehead atoms. The van der Waals surface area contributed by atoms with Crippen LogP contribution in [0.15, 0.2) is 10.5 Å². The van der Waals surface area contributed by atoms with Gasteiger partial charge in [-0.2, -0.15) is 0 Å². The van der Waals surface area contributed by atoms with Crippen LogP contribution in [0.5, 0.6) is 0 Å². The topological polar surface area (TPSA) is 52.9 Å². The third kappa shape index (κ3) is 8.21. The Bertz CT molecular complexity index is 376. The van der Waals surface area contributed by atoms with Crippen molar-refractivity contribution < 1.29 is 18.6 Å². The van der Waals surface area contributed by atoms with Crippen molar-refractivity contribution >= 4 is 0 Å². The Morgan fingerprint density at radius 3 is 2.57 bits per heavy atom. The first-order chi connectivity index (χ1) is 10.1. The lowest BCUT2D eigenvalue weighted by Gasteiger charge is -2.05. The van der Waals surface area contributed by atoms with Gasteiger partial charge in [0.2, 0.25) is 0 Å². The Labute approximate surface area is 127 Å². The fourth-order valence-corrected chi connectivity index (χ4v) is 1.86. The molecule has 0 saturated carbocycles. The van der Waals surface area contributed by atoms with Crippen LogP contribution in [0.3, 0.4) is 0 Å². The molecule has 0 aromatic carbocycles. The zero-order valence-electron chi connectivity index (χ0n) is 13.7. The quantitative estimate of drug-likeness (QED) is 0.601. The molecule has 0 aliphatic heterocycles. The van der Waals surface area contributed by atoms with Crippen LogP contribution in [-0.2, 0) is 27.4 Å². The molecular formula is C16H29NO4. The second-order valence-electron chi connectivity index (χ2n) is 5.48. The molecule has 0 fully saturated rings. The Hall–Kier alpha value is -0.880. The predicted octanol–water partition coefficient (Wildman–Crippen LogP) is 2.51.